The van der Waals surface area contributed by atoms with E-state index in [-0.39, 0.29) is 0 Å². The van der Waals surface area contributed by atoms with Crippen LogP contribution in [0.5, 0.6) is 0 Å². The Morgan fingerprint density at radius 2 is 2.31 bits per heavy atom. The van der Waals surface area contributed by atoms with Crippen LogP contribution < -0.4 is 5.73 Å². The third-order valence-electron chi connectivity index (χ3n) is 1.99. The SMILES string of the molecule is NCCc1[nH]nc2cc(I)ccc12. The Hall–Kier alpha value is -0.620. The molecule has 0 radical (unpaired) electrons. The van der Waals surface area contributed by atoms with Crippen molar-refractivity contribution >= 4 is 33.5 Å². The van der Waals surface area contributed by atoms with Crippen molar-refractivity contribution in [2.24, 2.45) is 5.73 Å². The highest BCUT2D eigenvalue weighted by Crippen LogP contribution is 2.18. The molecule has 0 atom stereocenters. The van der Waals surface area contributed by atoms with Crippen LogP contribution in [0.3, 0.4) is 0 Å². The van der Waals surface area contributed by atoms with Crippen molar-refractivity contribution in [1.82, 2.24) is 10.2 Å². The van der Waals surface area contributed by atoms with Crippen molar-refractivity contribution in [3.05, 3.63) is 27.5 Å². The van der Waals surface area contributed by atoms with Gasteiger partial charge in [-0.3, -0.25) is 5.10 Å². The van der Waals surface area contributed by atoms with Gasteiger partial charge in [0, 0.05) is 21.1 Å². The number of hydrogen-bond donors (Lipinski definition) is 2. The van der Waals surface area contributed by atoms with Gasteiger partial charge >= 0.3 is 0 Å². The monoisotopic (exact) mass is 287 g/mol. The molecule has 0 spiro atoms. The van der Waals surface area contributed by atoms with Crippen LogP contribution in [-0.2, 0) is 6.42 Å². The Morgan fingerprint density at radius 3 is 3.08 bits per heavy atom. The normalized spacial score (nSPS) is 10.9. The van der Waals surface area contributed by atoms with E-state index in [2.05, 4.69) is 51.0 Å². The van der Waals surface area contributed by atoms with Gasteiger partial charge in [-0.05, 0) is 47.3 Å². The van der Waals surface area contributed by atoms with Gasteiger partial charge in [-0.2, -0.15) is 5.10 Å². The van der Waals surface area contributed by atoms with Gasteiger partial charge in [0.15, 0.2) is 0 Å². The number of benzene rings is 1. The average Bonchev–Trinajstić information content (AvgIpc) is 2.49. The van der Waals surface area contributed by atoms with Gasteiger partial charge in [0.05, 0.1) is 5.52 Å². The standard InChI is InChI=1S/C9H10IN3/c10-6-1-2-7-8(3-4-11)12-13-9(7)5-6/h1-2,5H,3-4,11H2,(H,12,13). The topological polar surface area (TPSA) is 54.7 Å². The molecule has 13 heavy (non-hydrogen) atoms. The summed E-state index contributed by atoms with van der Waals surface area (Å²) in [4.78, 5) is 0. The molecule has 0 aliphatic heterocycles. The van der Waals surface area contributed by atoms with Crippen LogP contribution in [0.1, 0.15) is 5.69 Å². The van der Waals surface area contributed by atoms with E-state index >= 15 is 0 Å². The Balaban J connectivity index is 2.55. The number of rotatable bonds is 2. The number of aromatic amines is 1. The number of nitrogens with one attached hydrogen (secondary N) is 1. The Kier molecular flexibility index (Phi) is 2.50. The van der Waals surface area contributed by atoms with E-state index in [9.17, 15) is 0 Å². The molecule has 0 aliphatic carbocycles. The molecular formula is C9H10IN3. The number of hydrogen-bond acceptors (Lipinski definition) is 2. The minimum atomic E-state index is 0.656. The maximum atomic E-state index is 5.49. The first kappa shape index (κ1) is 8.96. The largest absolute Gasteiger partial charge is 0.330 e. The predicted octanol–water partition coefficient (Wildman–Crippen LogP) is 1.67. The average molecular weight is 287 g/mol. The van der Waals surface area contributed by atoms with Gasteiger partial charge in [0.1, 0.15) is 0 Å². The van der Waals surface area contributed by atoms with Gasteiger partial charge in [-0.1, -0.05) is 0 Å². The zero-order valence-corrected chi connectivity index (χ0v) is 9.21. The van der Waals surface area contributed by atoms with Gasteiger partial charge in [-0.25, -0.2) is 0 Å². The minimum Gasteiger partial charge on any atom is -0.330 e. The molecular weight excluding hydrogens is 277 g/mol. The van der Waals surface area contributed by atoms with Crippen LogP contribution in [0.2, 0.25) is 0 Å². The van der Waals surface area contributed by atoms with E-state index < -0.39 is 0 Å². The lowest BCUT2D eigenvalue weighted by atomic mass is 10.2. The molecule has 68 valence electrons. The van der Waals surface area contributed by atoms with Crippen molar-refractivity contribution in [3.63, 3.8) is 0 Å². The second-order valence-corrected chi connectivity index (χ2v) is 4.15. The van der Waals surface area contributed by atoms with Crippen LogP contribution in [0.15, 0.2) is 18.2 Å². The highest BCUT2D eigenvalue weighted by molar-refractivity contribution is 14.1. The summed E-state index contributed by atoms with van der Waals surface area (Å²) in [5.74, 6) is 0. The molecule has 2 aromatic rings. The third-order valence-corrected chi connectivity index (χ3v) is 2.66. The molecule has 0 amide bonds. The summed E-state index contributed by atoms with van der Waals surface area (Å²) in [6, 6.07) is 6.23. The maximum absolute atomic E-state index is 5.49. The molecule has 0 saturated heterocycles. The van der Waals surface area contributed by atoms with Crippen LogP contribution >= 0.6 is 22.6 Å². The summed E-state index contributed by atoms with van der Waals surface area (Å²) in [6.45, 7) is 0.656. The Labute approximate surface area is 89.8 Å². The van der Waals surface area contributed by atoms with Crippen molar-refractivity contribution in [2.75, 3.05) is 6.54 Å². The molecule has 2 rings (SSSR count). The molecule has 3 N–H and O–H groups in total. The number of fused-ring (bicyclic) bond motifs is 1. The van der Waals surface area contributed by atoms with Crippen LogP contribution in [0, 0.1) is 3.57 Å². The van der Waals surface area contributed by atoms with Gasteiger partial charge < -0.3 is 5.73 Å². The summed E-state index contributed by atoms with van der Waals surface area (Å²) in [5, 5.41) is 8.41. The fraction of sp³-hybridized carbons (Fsp3) is 0.222. The molecule has 0 aliphatic rings. The number of halogens is 1. The van der Waals surface area contributed by atoms with E-state index in [0.717, 1.165) is 17.6 Å². The first-order valence-corrected chi connectivity index (χ1v) is 5.21. The summed E-state index contributed by atoms with van der Waals surface area (Å²) in [6.07, 6.45) is 0.858. The Morgan fingerprint density at radius 1 is 1.46 bits per heavy atom. The lowest BCUT2D eigenvalue weighted by Crippen LogP contribution is -2.03. The van der Waals surface area contributed by atoms with Gasteiger partial charge in [0.25, 0.3) is 0 Å². The molecule has 1 aromatic heterocycles. The quantitative estimate of drug-likeness (QED) is 0.825. The first-order chi connectivity index (χ1) is 6.31. The molecule has 3 nitrogen and oxygen atoms in total. The molecule has 0 unspecified atom stereocenters. The zero-order valence-electron chi connectivity index (χ0n) is 7.05. The lowest BCUT2D eigenvalue weighted by molar-refractivity contribution is 0.909. The highest BCUT2D eigenvalue weighted by atomic mass is 127. The van der Waals surface area contributed by atoms with E-state index in [0.29, 0.717) is 6.54 Å². The molecule has 0 bridgehead atoms. The fourth-order valence-electron chi connectivity index (χ4n) is 1.38. The second-order valence-electron chi connectivity index (χ2n) is 2.90. The summed E-state index contributed by atoms with van der Waals surface area (Å²) >= 11 is 2.28. The van der Waals surface area contributed by atoms with Gasteiger partial charge in [-0.15, -0.1) is 0 Å². The van der Waals surface area contributed by atoms with Crippen LogP contribution in [0.4, 0.5) is 0 Å². The minimum absolute atomic E-state index is 0.656. The smallest absolute Gasteiger partial charge is 0.0934 e. The molecule has 4 heteroatoms. The molecule has 0 saturated carbocycles. The van der Waals surface area contributed by atoms with E-state index in [1.54, 1.807) is 0 Å². The Bertz CT molecular complexity index is 422. The van der Waals surface area contributed by atoms with Crippen molar-refractivity contribution in [2.45, 2.75) is 6.42 Å². The van der Waals surface area contributed by atoms with Crippen LogP contribution in [0.25, 0.3) is 10.9 Å². The third kappa shape index (κ3) is 1.68. The van der Waals surface area contributed by atoms with E-state index in [1.165, 1.54) is 8.96 Å². The highest BCUT2D eigenvalue weighted by Gasteiger charge is 2.03. The van der Waals surface area contributed by atoms with Crippen molar-refractivity contribution in [3.8, 4) is 0 Å². The molecule has 1 aromatic carbocycles. The zero-order chi connectivity index (χ0) is 9.26. The second kappa shape index (κ2) is 3.63. The predicted molar refractivity (Wildman–Crippen MR) is 61.6 cm³/mol. The van der Waals surface area contributed by atoms with E-state index in [1.807, 2.05) is 0 Å². The van der Waals surface area contributed by atoms with Crippen molar-refractivity contribution < 1.29 is 0 Å². The first-order valence-electron chi connectivity index (χ1n) is 4.14. The number of aromatic nitrogens is 2. The number of H-pyrrole nitrogens is 1. The number of nitrogens with two attached hydrogens (primary N) is 1. The number of nitrogens with zero attached hydrogens (tertiary/aromatic N) is 1. The van der Waals surface area contributed by atoms with Crippen molar-refractivity contribution in [1.29, 1.82) is 0 Å². The summed E-state index contributed by atoms with van der Waals surface area (Å²) < 4.78 is 1.20. The lowest BCUT2D eigenvalue weighted by Gasteiger charge is -1.94. The van der Waals surface area contributed by atoms with E-state index in [4.69, 9.17) is 5.73 Å². The molecule has 1 heterocycles. The fourth-order valence-corrected chi connectivity index (χ4v) is 1.85. The molecule has 0 fully saturated rings. The van der Waals surface area contributed by atoms with Crippen LogP contribution in [-0.4, -0.2) is 16.7 Å². The summed E-state index contributed by atoms with van der Waals surface area (Å²) in [5.41, 5.74) is 7.65. The van der Waals surface area contributed by atoms with Gasteiger partial charge in [0.2, 0.25) is 0 Å². The maximum Gasteiger partial charge on any atom is 0.0934 e. The summed E-state index contributed by atoms with van der Waals surface area (Å²) in [7, 11) is 0.